The van der Waals surface area contributed by atoms with E-state index < -0.39 is 17.3 Å². The summed E-state index contributed by atoms with van der Waals surface area (Å²) in [5, 5.41) is 3.62. The molecule has 3 atom stereocenters. The largest absolute Gasteiger partial charge is 0.384 e. The van der Waals surface area contributed by atoms with Crippen LogP contribution in [0.5, 0.6) is 0 Å². The second kappa shape index (κ2) is 10.5. The van der Waals surface area contributed by atoms with E-state index in [2.05, 4.69) is 21.9 Å². The molecule has 4 aromatic rings. The van der Waals surface area contributed by atoms with Crippen LogP contribution in [0.2, 0.25) is 0 Å². The highest BCUT2D eigenvalue weighted by Crippen LogP contribution is 2.52. The molecule has 2 fully saturated rings. The number of fused-ring (bicyclic) bond motifs is 5. The molecule has 0 aliphatic carbocycles. The number of nitrogens with zero attached hydrogens (tertiary/aromatic N) is 6. The van der Waals surface area contributed by atoms with Gasteiger partial charge in [-0.15, -0.1) is 0 Å². The molecule has 232 valence electrons. The van der Waals surface area contributed by atoms with Crippen molar-refractivity contribution in [3.8, 4) is 16.9 Å². The first-order valence-corrected chi connectivity index (χ1v) is 15.4. The fraction of sp³-hybridized carbons (Fsp3) is 0.382. The van der Waals surface area contributed by atoms with Crippen LogP contribution in [0.15, 0.2) is 54.0 Å². The smallest absolute Gasteiger partial charge is 0.355 e. The molecule has 0 radical (unpaired) electrons. The van der Waals surface area contributed by atoms with E-state index in [9.17, 15) is 9.59 Å². The maximum atomic E-state index is 16.2. The molecule has 7 rings (SSSR count). The number of nitrogens with one attached hydrogen (secondary N) is 1. The predicted molar refractivity (Wildman–Crippen MR) is 170 cm³/mol. The summed E-state index contributed by atoms with van der Waals surface area (Å²) in [5.41, 5.74) is 1.85. The van der Waals surface area contributed by atoms with Crippen LogP contribution in [0, 0.1) is 17.0 Å². The first-order chi connectivity index (χ1) is 21.6. The summed E-state index contributed by atoms with van der Waals surface area (Å²) in [7, 11) is 0. The molecule has 2 saturated heterocycles. The molecule has 1 unspecified atom stereocenters. The minimum absolute atomic E-state index is 0.0110. The van der Waals surface area contributed by atoms with Gasteiger partial charge in [0.25, 0.3) is 0 Å². The lowest BCUT2D eigenvalue weighted by atomic mass is 9.61. The summed E-state index contributed by atoms with van der Waals surface area (Å²) in [6.07, 6.45) is 4.35. The van der Waals surface area contributed by atoms with E-state index >= 15 is 8.78 Å². The zero-order chi connectivity index (χ0) is 31.8. The van der Waals surface area contributed by atoms with Crippen molar-refractivity contribution in [1.29, 1.82) is 0 Å². The third-order valence-corrected chi connectivity index (χ3v) is 10.1. The van der Waals surface area contributed by atoms with E-state index in [-0.39, 0.29) is 46.2 Å². The number of aryl methyl sites for hydroxylation is 1. The monoisotopic (exact) mass is 611 g/mol. The number of carbonyl (C=O) groups is 1. The van der Waals surface area contributed by atoms with Crippen LogP contribution < -0.4 is 15.9 Å². The van der Waals surface area contributed by atoms with Crippen molar-refractivity contribution in [3.05, 3.63) is 82.6 Å². The Balaban J connectivity index is 1.48. The van der Waals surface area contributed by atoms with Crippen LogP contribution >= 0.6 is 0 Å². The van der Waals surface area contributed by atoms with Crippen molar-refractivity contribution in [2.24, 2.45) is 5.41 Å². The van der Waals surface area contributed by atoms with E-state index in [1.807, 2.05) is 38.7 Å². The highest BCUT2D eigenvalue weighted by atomic mass is 19.1. The molecule has 2 bridgehead atoms. The second-order valence-corrected chi connectivity index (χ2v) is 12.7. The van der Waals surface area contributed by atoms with Crippen molar-refractivity contribution in [1.82, 2.24) is 24.4 Å². The zero-order valence-corrected chi connectivity index (χ0v) is 25.8. The number of anilines is 2. The quantitative estimate of drug-likeness (QED) is 0.318. The second-order valence-electron chi connectivity index (χ2n) is 12.7. The Morgan fingerprint density at radius 3 is 2.64 bits per heavy atom. The lowest BCUT2D eigenvalue weighted by Crippen LogP contribution is -2.81. The topological polar surface area (TPSA) is 96.3 Å². The summed E-state index contributed by atoms with van der Waals surface area (Å²) in [6, 6.07) is 7.64. The number of hydrogen-bond acceptors (Lipinski definition) is 7. The van der Waals surface area contributed by atoms with Crippen molar-refractivity contribution in [3.63, 3.8) is 0 Å². The van der Waals surface area contributed by atoms with Crippen LogP contribution in [0.1, 0.15) is 51.3 Å². The Labute approximate surface area is 259 Å². The summed E-state index contributed by atoms with van der Waals surface area (Å²) in [4.78, 5) is 44.3. The minimum atomic E-state index is -0.723. The number of likely N-dealkylation sites (tertiary alicyclic amines) is 1. The molecule has 6 heterocycles. The lowest BCUT2D eigenvalue weighted by molar-refractivity contribution is -0.156. The number of amides is 1. The number of halogens is 2. The molecular weight excluding hydrogens is 576 g/mol. The van der Waals surface area contributed by atoms with Gasteiger partial charge >= 0.3 is 5.69 Å². The normalized spacial score (nSPS) is 22.2. The standard InChI is InChI=1S/C34H35F2N7O2/c1-6-26(44)41-16-34(19(41)4)17-42(20(34)5)31-22-15-24(36)29-27-23(35)10-7-11-25(27)37-13-8-9-21-12-14-38-28(18(2)3)30(21)43(32(22)39-29)33(45)40-31/h6-7,10-12,14-15,18-20,37H,1,8-9,13,16-17H2,2-5H3/t19-,20+,34?/m1/s1. The maximum absolute atomic E-state index is 16.2. The number of hydrogen-bond donors (Lipinski definition) is 1. The van der Waals surface area contributed by atoms with Crippen molar-refractivity contribution in [2.75, 3.05) is 29.9 Å². The predicted octanol–water partition coefficient (Wildman–Crippen LogP) is 5.21. The summed E-state index contributed by atoms with van der Waals surface area (Å²) < 4.78 is 33.1. The van der Waals surface area contributed by atoms with Gasteiger partial charge in [-0.25, -0.2) is 23.1 Å². The van der Waals surface area contributed by atoms with Crippen molar-refractivity contribution < 1.29 is 13.6 Å². The fourth-order valence-corrected chi connectivity index (χ4v) is 7.39. The van der Waals surface area contributed by atoms with Crippen molar-refractivity contribution in [2.45, 2.75) is 58.5 Å². The maximum Gasteiger partial charge on any atom is 0.355 e. The Kier molecular flexibility index (Phi) is 6.75. The van der Waals surface area contributed by atoms with Crippen molar-refractivity contribution >= 4 is 28.4 Å². The first-order valence-electron chi connectivity index (χ1n) is 15.4. The molecule has 3 aliphatic rings. The molecule has 1 N–H and O–H groups in total. The van der Waals surface area contributed by atoms with Crippen LogP contribution in [0.3, 0.4) is 0 Å². The van der Waals surface area contributed by atoms with Gasteiger partial charge in [-0.05, 0) is 68.5 Å². The first kappa shape index (κ1) is 29.1. The van der Waals surface area contributed by atoms with E-state index in [1.54, 1.807) is 23.2 Å². The van der Waals surface area contributed by atoms with Gasteiger partial charge in [0.05, 0.1) is 22.3 Å². The molecular formula is C34H35F2N7O2. The average molecular weight is 612 g/mol. The minimum Gasteiger partial charge on any atom is -0.384 e. The molecule has 1 spiro atoms. The molecule has 9 nitrogen and oxygen atoms in total. The number of pyridine rings is 2. The summed E-state index contributed by atoms with van der Waals surface area (Å²) in [6.45, 7) is 13.2. The van der Waals surface area contributed by atoms with Crippen LogP contribution in [0.4, 0.5) is 20.3 Å². The summed E-state index contributed by atoms with van der Waals surface area (Å²) >= 11 is 0. The molecule has 1 amide bonds. The Morgan fingerprint density at radius 1 is 1.13 bits per heavy atom. The van der Waals surface area contributed by atoms with E-state index in [0.29, 0.717) is 60.7 Å². The average Bonchev–Trinajstić information content (AvgIpc) is 3.01. The molecule has 45 heavy (non-hydrogen) atoms. The van der Waals surface area contributed by atoms with Gasteiger partial charge in [0.1, 0.15) is 17.3 Å². The third kappa shape index (κ3) is 4.19. The van der Waals surface area contributed by atoms with Gasteiger partial charge in [0.15, 0.2) is 11.5 Å². The van der Waals surface area contributed by atoms with Gasteiger partial charge < -0.3 is 15.1 Å². The van der Waals surface area contributed by atoms with Gasteiger partial charge in [-0.1, -0.05) is 26.5 Å². The molecule has 11 heteroatoms. The van der Waals surface area contributed by atoms with Crippen LogP contribution in [0.25, 0.3) is 28.0 Å². The van der Waals surface area contributed by atoms with E-state index in [4.69, 9.17) is 4.98 Å². The number of rotatable bonds is 3. The summed E-state index contributed by atoms with van der Waals surface area (Å²) in [5.74, 6) is -1.18. The Morgan fingerprint density at radius 2 is 1.93 bits per heavy atom. The van der Waals surface area contributed by atoms with E-state index in [1.165, 1.54) is 22.8 Å². The molecule has 0 saturated carbocycles. The van der Waals surface area contributed by atoms with Gasteiger partial charge in [-0.3, -0.25) is 9.78 Å². The van der Waals surface area contributed by atoms with Gasteiger partial charge in [0.2, 0.25) is 5.91 Å². The van der Waals surface area contributed by atoms with Crippen LogP contribution in [-0.2, 0) is 11.2 Å². The van der Waals surface area contributed by atoms with Crippen LogP contribution in [-0.4, -0.2) is 62.0 Å². The highest BCUT2D eigenvalue weighted by molar-refractivity contribution is 5.92. The number of carbonyl (C=O) groups excluding carboxylic acids is 1. The fourth-order valence-electron chi connectivity index (χ4n) is 7.39. The lowest BCUT2D eigenvalue weighted by Gasteiger charge is -2.68. The highest BCUT2D eigenvalue weighted by Gasteiger charge is 2.63. The molecule has 1 aromatic carbocycles. The molecule has 3 aromatic heterocycles. The number of aromatic nitrogens is 4. The third-order valence-electron chi connectivity index (χ3n) is 10.1. The number of benzene rings is 1. The zero-order valence-electron chi connectivity index (χ0n) is 25.8. The van der Waals surface area contributed by atoms with E-state index in [0.717, 1.165) is 5.56 Å². The van der Waals surface area contributed by atoms with Gasteiger partial charge in [0, 0.05) is 49.0 Å². The molecule has 3 aliphatic heterocycles. The van der Waals surface area contributed by atoms with Gasteiger partial charge in [-0.2, -0.15) is 4.98 Å². The SMILES string of the molecule is C=CC(=O)N1CC2(CN(c3nc(=O)n4c5nc(c(F)cc35)-c3c(F)cccc3NCCCc3ccnc(C(C)C)c3-4)[C@H]2C)[C@H]1C. The Hall–Kier alpha value is -4.67. The Bertz CT molecular complexity index is 1960.